The van der Waals surface area contributed by atoms with Gasteiger partial charge in [-0.3, -0.25) is 4.79 Å². The Kier molecular flexibility index (Phi) is 5.08. The van der Waals surface area contributed by atoms with Crippen molar-refractivity contribution in [2.75, 3.05) is 6.54 Å². The molecule has 0 aliphatic carbocycles. The van der Waals surface area contributed by atoms with Crippen molar-refractivity contribution in [3.05, 3.63) is 34.1 Å². The molecule has 0 aliphatic heterocycles. The third-order valence-corrected chi connectivity index (χ3v) is 2.86. The van der Waals surface area contributed by atoms with Gasteiger partial charge in [0.1, 0.15) is 11.9 Å². The second-order valence-electron chi connectivity index (χ2n) is 4.25. The summed E-state index contributed by atoms with van der Waals surface area (Å²) in [5.74, 6) is -1.02. The molecule has 0 heterocycles. The van der Waals surface area contributed by atoms with Crippen LogP contribution in [0.5, 0.6) is 0 Å². The first-order valence-electron chi connectivity index (χ1n) is 5.33. The fraction of sp³-hybridized carbons (Fsp3) is 0.417. The zero-order valence-corrected chi connectivity index (χ0v) is 11.3. The molecule has 0 spiro atoms. The van der Waals surface area contributed by atoms with Gasteiger partial charge < -0.3 is 10.4 Å². The number of carboxylic acids is 1. The third kappa shape index (κ3) is 4.09. The number of hydrogen-bond donors (Lipinski definition) is 2. The molecule has 1 atom stereocenters. The molecule has 0 fully saturated rings. The molecule has 0 saturated carbocycles. The van der Waals surface area contributed by atoms with Gasteiger partial charge in [-0.25, -0.2) is 4.39 Å². The predicted molar refractivity (Wildman–Crippen MR) is 67.3 cm³/mol. The standard InChI is InChI=1S/C12H15BrFNO2/c1-7(2)6-15-11(12(16)17)8-3-4-10(14)9(13)5-8/h3-5,7,11,15H,6H2,1-2H3,(H,16,17). The smallest absolute Gasteiger partial charge is 0.325 e. The van der Waals surface area contributed by atoms with Crippen LogP contribution >= 0.6 is 15.9 Å². The zero-order valence-electron chi connectivity index (χ0n) is 9.71. The summed E-state index contributed by atoms with van der Waals surface area (Å²) < 4.78 is 13.3. The largest absolute Gasteiger partial charge is 0.480 e. The van der Waals surface area contributed by atoms with E-state index in [0.717, 1.165) is 0 Å². The highest BCUT2D eigenvalue weighted by molar-refractivity contribution is 9.10. The van der Waals surface area contributed by atoms with Crippen LogP contribution in [0.15, 0.2) is 22.7 Å². The van der Waals surface area contributed by atoms with Crippen molar-refractivity contribution < 1.29 is 14.3 Å². The van der Waals surface area contributed by atoms with E-state index in [9.17, 15) is 9.18 Å². The van der Waals surface area contributed by atoms with Gasteiger partial charge in [-0.2, -0.15) is 0 Å². The van der Waals surface area contributed by atoms with Gasteiger partial charge >= 0.3 is 5.97 Å². The molecule has 3 nitrogen and oxygen atoms in total. The Morgan fingerprint density at radius 1 is 1.53 bits per heavy atom. The first-order chi connectivity index (χ1) is 7.91. The van der Waals surface area contributed by atoms with E-state index in [1.165, 1.54) is 18.2 Å². The van der Waals surface area contributed by atoms with Gasteiger partial charge in [-0.15, -0.1) is 0 Å². The quantitative estimate of drug-likeness (QED) is 0.879. The first-order valence-corrected chi connectivity index (χ1v) is 6.12. The lowest BCUT2D eigenvalue weighted by Crippen LogP contribution is -2.31. The van der Waals surface area contributed by atoms with E-state index in [-0.39, 0.29) is 4.47 Å². The van der Waals surface area contributed by atoms with Crippen molar-refractivity contribution >= 4 is 21.9 Å². The molecule has 1 unspecified atom stereocenters. The molecule has 0 amide bonds. The SMILES string of the molecule is CC(C)CNC(C(=O)O)c1ccc(F)c(Br)c1. The Balaban J connectivity index is 2.89. The molecule has 1 aromatic carbocycles. The summed E-state index contributed by atoms with van der Waals surface area (Å²) in [7, 11) is 0. The van der Waals surface area contributed by atoms with Crippen molar-refractivity contribution in [1.29, 1.82) is 0 Å². The molecular weight excluding hydrogens is 289 g/mol. The molecule has 0 radical (unpaired) electrons. The van der Waals surface area contributed by atoms with Crippen LogP contribution in [0.3, 0.4) is 0 Å². The fourth-order valence-electron chi connectivity index (χ4n) is 1.39. The fourth-order valence-corrected chi connectivity index (χ4v) is 1.79. The van der Waals surface area contributed by atoms with Crippen LogP contribution in [0, 0.1) is 11.7 Å². The molecule has 0 saturated heterocycles. The predicted octanol–water partition coefficient (Wildman–Crippen LogP) is 2.96. The maximum Gasteiger partial charge on any atom is 0.325 e. The Labute approximate surface area is 108 Å². The lowest BCUT2D eigenvalue weighted by Gasteiger charge is -2.16. The third-order valence-electron chi connectivity index (χ3n) is 2.25. The van der Waals surface area contributed by atoms with Gasteiger partial charge in [0.15, 0.2) is 0 Å². The first kappa shape index (κ1) is 14.1. The van der Waals surface area contributed by atoms with Crippen LogP contribution in [-0.2, 0) is 4.79 Å². The van der Waals surface area contributed by atoms with Crippen LogP contribution in [0.1, 0.15) is 25.5 Å². The van der Waals surface area contributed by atoms with Crippen LogP contribution < -0.4 is 5.32 Å². The number of benzene rings is 1. The Morgan fingerprint density at radius 3 is 2.65 bits per heavy atom. The van der Waals surface area contributed by atoms with Crippen LogP contribution in [0.4, 0.5) is 4.39 Å². The normalized spacial score (nSPS) is 12.8. The van der Waals surface area contributed by atoms with E-state index in [1.54, 1.807) is 0 Å². The van der Waals surface area contributed by atoms with Crippen molar-refractivity contribution in [3.8, 4) is 0 Å². The highest BCUT2D eigenvalue weighted by Crippen LogP contribution is 2.21. The van der Waals surface area contributed by atoms with Crippen LogP contribution in [0.2, 0.25) is 0 Å². The summed E-state index contributed by atoms with van der Waals surface area (Å²) in [4.78, 5) is 11.1. The van der Waals surface area contributed by atoms with Gasteiger partial charge in [0.05, 0.1) is 4.47 Å². The molecule has 1 rings (SSSR count). The second kappa shape index (κ2) is 6.12. The Bertz CT molecular complexity index is 409. The van der Waals surface area contributed by atoms with Crippen molar-refractivity contribution in [2.45, 2.75) is 19.9 Å². The molecule has 2 N–H and O–H groups in total. The average Bonchev–Trinajstić information content (AvgIpc) is 2.22. The number of halogens is 2. The topological polar surface area (TPSA) is 49.3 Å². The second-order valence-corrected chi connectivity index (χ2v) is 5.10. The molecule has 0 bridgehead atoms. The highest BCUT2D eigenvalue weighted by Gasteiger charge is 2.20. The zero-order chi connectivity index (χ0) is 13.0. The number of carboxylic acid groups (broad SMARTS) is 1. The van der Waals surface area contributed by atoms with Gasteiger partial charge in [0, 0.05) is 0 Å². The summed E-state index contributed by atoms with van der Waals surface area (Å²) >= 11 is 3.05. The maximum atomic E-state index is 13.1. The van der Waals surface area contributed by atoms with E-state index >= 15 is 0 Å². The highest BCUT2D eigenvalue weighted by atomic mass is 79.9. The van der Waals surface area contributed by atoms with E-state index < -0.39 is 17.8 Å². The summed E-state index contributed by atoms with van der Waals surface area (Å²) in [6, 6.07) is 3.41. The number of nitrogens with one attached hydrogen (secondary N) is 1. The van der Waals surface area contributed by atoms with Crippen molar-refractivity contribution in [2.24, 2.45) is 5.92 Å². The van der Waals surface area contributed by atoms with E-state index in [0.29, 0.717) is 18.0 Å². The van der Waals surface area contributed by atoms with Gasteiger partial charge in [-0.05, 0) is 46.1 Å². The van der Waals surface area contributed by atoms with Crippen molar-refractivity contribution in [3.63, 3.8) is 0 Å². The molecule has 5 heteroatoms. The molecule has 94 valence electrons. The maximum absolute atomic E-state index is 13.1. The lowest BCUT2D eigenvalue weighted by atomic mass is 10.1. The number of aliphatic carboxylic acids is 1. The number of carbonyl (C=O) groups is 1. The number of rotatable bonds is 5. The monoisotopic (exact) mass is 303 g/mol. The Hall–Kier alpha value is -0.940. The average molecular weight is 304 g/mol. The van der Waals surface area contributed by atoms with E-state index in [4.69, 9.17) is 5.11 Å². The number of hydrogen-bond acceptors (Lipinski definition) is 2. The van der Waals surface area contributed by atoms with Crippen LogP contribution in [-0.4, -0.2) is 17.6 Å². The molecule has 1 aromatic rings. The minimum Gasteiger partial charge on any atom is -0.480 e. The van der Waals surface area contributed by atoms with Crippen LogP contribution in [0.25, 0.3) is 0 Å². The van der Waals surface area contributed by atoms with E-state index in [2.05, 4.69) is 21.2 Å². The summed E-state index contributed by atoms with van der Waals surface area (Å²) in [5.41, 5.74) is 0.534. The Morgan fingerprint density at radius 2 is 2.18 bits per heavy atom. The molecule has 17 heavy (non-hydrogen) atoms. The molecule has 0 aliphatic rings. The van der Waals surface area contributed by atoms with E-state index in [1.807, 2.05) is 13.8 Å². The molecular formula is C12H15BrFNO2. The minimum absolute atomic E-state index is 0.271. The minimum atomic E-state index is -0.968. The summed E-state index contributed by atoms with van der Waals surface area (Å²) in [5, 5.41) is 12.1. The molecule has 0 aromatic heterocycles. The lowest BCUT2D eigenvalue weighted by molar-refractivity contribution is -0.139. The van der Waals surface area contributed by atoms with Crippen molar-refractivity contribution in [1.82, 2.24) is 5.32 Å². The van der Waals surface area contributed by atoms with Gasteiger partial charge in [0.25, 0.3) is 0 Å². The van der Waals surface area contributed by atoms with Gasteiger partial charge in [-0.1, -0.05) is 19.9 Å². The summed E-state index contributed by atoms with van der Waals surface area (Å²) in [6.45, 7) is 4.57. The van der Waals surface area contributed by atoms with Gasteiger partial charge in [0.2, 0.25) is 0 Å². The summed E-state index contributed by atoms with van der Waals surface area (Å²) in [6.07, 6.45) is 0.